The van der Waals surface area contributed by atoms with Crippen LogP contribution in [0.25, 0.3) is 22.4 Å². The fourth-order valence-corrected chi connectivity index (χ4v) is 2.73. The van der Waals surface area contributed by atoms with Crippen LogP contribution in [-0.4, -0.2) is 17.1 Å². The van der Waals surface area contributed by atoms with Crippen molar-refractivity contribution in [1.29, 1.82) is 0 Å². The first kappa shape index (κ1) is 16.1. The number of aromatic nitrogens is 2. The molecule has 0 amide bonds. The summed E-state index contributed by atoms with van der Waals surface area (Å²) in [6, 6.07) is 17.5. The molecule has 2 aromatic heterocycles. The minimum atomic E-state index is 0.314. The van der Waals surface area contributed by atoms with Crippen molar-refractivity contribution >= 4 is 10.9 Å². The SMILES string of the molecule is COc1ccc(-c2nc(COc3cccc4ccc(C)nc34)co2)cc1. The first-order chi connectivity index (χ1) is 12.7. The van der Waals surface area contributed by atoms with Crippen LogP contribution in [0.1, 0.15) is 11.4 Å². The van der Waals surface area contributed by atoms with E-state index in [1.54, 1.807) is 13.4 Å². The Morgan fingerprint density at radius 1 is 0.962 bits per heavy atom. The zero-order valence-electron chi connectivity index (χ0n) is 14.6. The molecular formula is C21H18N2O3. The van der Waals surface area contributed by atoms with Crippen molar-refractivity contribution in [2.75, 3.05) is 7.11 Å². The van der Waals surface area contributed by atoms with Gasteiger partial charge in [-0.3, -0.25) is 0 Å². The summed E-state index contributed by atoms with van der Waals surface area (Å²) < 4.78 is 16.7. The maximum atomic E-state index is 5.94. The molecule has 4 rings (SSSR count). The van der Waals surface area contributed by atoms with Crippen LogP contribution >= 0.6 is 0 Å². The third-order valence-corrected chi connectivity index (χ3v) is 4.09. The third-order valence-electron chi connectivity index (χ3n) is 4.09. The Bertz CT molecular complexity index is 1040. The highest BCUT2D eigenvalue weighted by Gasteiger charge is 2.09. The molecule has 0 spiro atoms. The Morgan fingerprint density at radius 3 is 2.62 bits per heavy atom. The molecule has 0 bridgehead atoms. The van der Waals surface area contributed by atoms with Gasteiger partial charge in [-0.05, 0) is 43.3 Å². The van der Waals surface area contributed by atoms with Gasteiger partial charge in [0, 0.05) is 16.6 Å². The molecular weight excluding hydrogens is 328 g/mol. The molecule has 0 atom stereocenters. The van der Waals surface area contributed by atoms with E-state index in [9.17, 15) is 0 Å². The summed E-state index contributed by atoms with van der Waals surface area (Å²) in [7, 11) is 1.64. The van der Waals surface area contributed by atoms with Crippen molar-refractivity contribution in [2.24, 2.45) is 0 Å². The number of para-hydroxylation sites is 1. The number of pyridine rings is 1. The second-order valence-electron chi connectivity index (χ2n) is 5.94. The monoisotopic (exact) mass is 346 g/mol. The molecule has 0 unspecified atom stereocenters. The van der Waals surface area contributed by atoms with Crippen molar-refractivity contribution < 1.29 is 13.9 Å². The van der Waals surface area contributed by atoms with Gasteiger partial charge in [-0.1, -0.05) is 18.2 Å². The Balaban J connectivity index is 1.52. The van der Waals surface area contributed by atoms with Crippen LogP contribution in [0.5, 0.6) is 11.5 Å². The number of nitrogens with zero attached hydrogens (tertiary/aromatic N) is 2. The number of methoxy groups -OCH3 is 1. The molecule has 4 aromatic rings. The minimum Gasteiger partial charge on any atom is -0.497 e. The molecule has 0 fully saturated rings. The van der Waals surface area contributed by atoms with E-state index >= 15 is 0 Å². The molecule has 2 aromatic carbocycles. The summed E-state index contributed by atoms with van der Waals surface area (Å²) >= 11 is 0. The standard InChI is InChI=1S/C21H18N2O3/c1-14-6-7-15-4-3-5-19(20(15)22-14)25-12-17-13-26-21(23-17)16-8-10-18(24-2)11-9-16/h3-11,13H,12H2,1-2H3. The topological polar surface area (TPSA) is 57.4 Å². The molecule has 0 aliphatic heterocycles. The molecule has 0 N–H and O–H groups in total. The lowest BCUT2D eigenvalue weighted by Gasteiger charge is -2.07. The highest BCUT2D eigenvalue weighted by molar-refractivity contribution is 5.84. The smallest absolute Gasteiger partial charge is 0.226 e. The van der Waals surface area contributed by atoms with E-state index in [-0.39, 0.29) is 0 Å². The lowest BCUT2D eigenvalue weighted by Crippen LogP contribution is -1.97. The highest BCUT2D eigenvalue weighted by atomic mass is 16.5. The van der Waals surface area contributed by atoms with Crippen molar-refractivity contribution in [3.63, 3.8) is 0 Å². The van der Waals surface area contributed by atoms with Gasteiger partial charge in [0.1, 0.15) is 35.6 Å². The minimum absolute atomic E-state index is 0.314. The van der Waals surface area contributed by atoms with Gasteiger partial charge in [0.2, 0.25) is 5.89 Å². The van der Waals surface area contributed by atoms with Crippen LogP contribution in [0, 0.1) is 6.92 Å². The fourth-order valence-electron chi connectivity index (χ4n) is 2.73. The first-order valence-corrected chi connectivity index (χ1v) is 8.31. The summed E-state index contributed by atoms with van der Waals surface area (Å²) in [6.45, 7) is 2.28. The number of benzene rings is 2. The molecule has 0 saturated carbocycles. The van der Waals surface area contributed by atoms with Crippen molar-refractivity contribution in [3.05, 3.63) is 72.2 Å². The van der Waals surface area contributed by atoms with Crippen molar-refractivity contribution in [3.8, 4) is 23.0 Å². The predicted molar refractivity (Wildman–Crippen MR) is 99.3 cm³/mol. The molecule has 130 valence electrons. The van der Waals surface area contributed by atoms with Crippen LogP contribution in [0.15, 0.2) is 65.3 Å². The van der Waals surface area contributed by atoms with E-state index in [0.29, 0.717) is 12.5 Å². The summed E-state index contributed by atoms with van der Waals surface area (Å²) in [5.74, 6) is 2.08. The number of fused-ring (bicyclic) bond motifs is 1. The van der Waals surface area contributed by atoms with Crippen LogP contribution in [0.4, 0.5) is 0 Å². The lowest BCUT2D eigenvalue weighted by molar-refractivity contribution is 0.304. The van der Waals surface area contributed by atoms with Crippen LogP contribution in [0.3, 0.4) is 0 Å². The Labute approximate surface area is 151 Å². The van der Waals surface area contributed by atoms with Gasteiger partial charge < -0.3 is 13.9 Å². The molecule has 26 heavy (non-hydrogen) atoms. The third kappa shape index (κ3) is 3.24. The summed E-state index contributed by atoms with van der Waals surface area (Å²) in [5, 5.41) is 1.05. The molecule has 5 heteroatoms. The van der Waals surface area contributed by atoms with Gasteiger partial charge in [0.05, 0.1) is 7.11 Å². The fraction of sp³-hybridized carbons (Fsp3) is 0.143. The number of ether oxygens (including phenoxy) is 2. The number of hydrogen-bond acceptors (Lipinski definition) is 5. The first-order valence-electron chi connectivity index (χ1n) is 8.31. The maximum Gasteiger partial charge on any atom is 0.226 e. The molecule has 0 aliphatic rings. The second kappa shape index (κ2) is 6.88. The zero-order valence-corrected chi connectivity index (χ0v) is 14.6. The molecule has 0 saturated heterocycles. The van der Waals surface area contributed by atoms with Crippen molar-refractivity contribution in [2.45, 2.75) is 13.5 Å². The van der Waals surface area contributed by atoms with Gasteiger partial charge in [-0.15, -0.1) is 0 Å². The number of rotatable bonds is 5. The van der Waals surface area contributed by atoms with Gasteiger partial charge in [-0.2, -0.15) is 0 Å². The average molecular weight is 346 g/mol. The molecule has 0 radical (unpaired) electrons. The van der Waals surface area contributed by atoms with Gasteiger partial charge in [0.15, 0.2) is 0 Å². The summed E-state index contributed by atoms with van der Waals surface area (Å²) in [5.41, 5.74) is 3.42. The Hall–Kier alpha value is -3.34. The van der Waals surface area contributed by atoms with Gasteiger partial charge >= 0.3 is 0 Å². The predicted octanol–water partition coefficient (Wildman–Crippen LogP) is 4.79. The van der Waals surface area contributed by atoms with E-state index in [1.165, 1.54) is 0 Å². The second-order valence-corrected chi connectivity index (χ2v) is 5.94. The van der Waals surface area contributed by atoms with E-state index in [1.807, 2.05) is 61.5 Å². The molecule has 2 heterocycles. The Kier molecular flexibility index (Phi) is 4.27. The van der Waals surface area contributed by atoms with E-state index in [2.05, 4.69) is 9.97 Å². The summed E-state index contributed by atoms with van der Waals surface area (Å²) in [6.07, 6.45) is 1.61. The quantitative estimate of drug-likeness (QED) is 0.520. The number of aryl methyl sites for hydroxylation is 1. The van der Waals surface area contributed by atoms with Gasteiger partial charge in [-0.25, -0.2) is 9.97 Å². The van der Waals surface area contributed by atoms with Gasteiger partial charge in [0.25, 0.3) is 0 Å². The summed E-state index contributed by atoms with van der Waals surface area (Å²) in [4.78, 5) is 9.07. The van der Waals surface area contributed by atoms with E-state index in [4.69, 9.17) is 13.9 Å². The average Bonchev–Trinajstić information content (AvgIpc) is 3.15. The maximum absolute atomic E-state index is 5.94. The van der Waals surface area contributed by atoms with Crippen molar-refractivity contribution in [1.82, 2.24) is 9.97 Å². The zero-order chi connectivity index (χ0) is 17.9. The lowest BCUT2D eigenvalue weighted by atomic mass is 10.2. The molecule has 0 aliphatic carbocycles. The van der Waals surface area contributed by atoms with Crippen LogP contribution < -0.4 is 9.47 Å². The number of oxazole rings is 1. The molecule has 5 nitrogen and oxygen atoms in total. The van der Waals surface area contributed by atoms with E-state index in [0.717, 1.165) is 39.4 Å². The van der Waals surface area contributed by atoms with Crippen LogP contribution in [-0.2, 0) is 6.61 Å². The Morgan fingerprint density at radius 2 is 1.81 bits per heavy atom. The highest BCUT2D eigenvalue weighted by Crippen LogP contribution is 2.26. The number of hydrogen-bond donors (Lipinski definition) is 0. The van der Waals surface area contributed by atoms with Crippen LogP contribution in [0.2, 0.25) is 0 Å². The van der Waals surface area contributed by atoms with E-state index < -0.39 is 0 Å². The largest absolute Gasteiger partial charge is 0.497 e. The normalized spacial score (nSPS) is 10.8.